The third-order valence-electron chi connectivity index (χ3n) is 3.00. The lowest BCUT2D eigenvalue weighted by Crippen LogP contribution is -2.04. The van der Waals surface area contributed by atoms with E-state index in [0.29, 0.717) is 5.56 Å². The Morgan fingerprint density at radius 1 is 1.15 bits per heavy atom. The zero-order valence-corrected chi connectivity index (χ0v) is 11.4. The summed E-state index contributed by atoms with van der Waals surface area (Å²) in [4.78, 5) is 11.9. The second-order valence-corrected chi connectivity index (χ2v) is 5.29. The molecule has 1 heterocycles. The first-order valence-electron chi connectivity index (χ1n) is 6.15. The predicted octanol–water partition coefficient (Wildman–Crippen LogP) is 3.96. The number of hydrogen-bond donors (Lipinski definition) is 1. The summed E-state index contributed by atoms with van der Waals surface area (Å²) in [5, 5.41) is 12.5. The number of benzene rings is 2. The molecule has 0 atom stereocenters. The summed E-state index contributed by atoms with van der Waals surface area (Å²) < 4.78 is 6.47. The topological polar surface area (TPSA) is 46.5 Å². The van der Waals surface area contributed by atoms with Crippen LogP contribution in [-0.4, -0.2) is 11.1 Å². The van der Waals surface area contributed by atoms with Crippen LogP contribution in [0, 0.1) is 0 Å². The summed E-state index contributed by atoms with van der Waals surface area (Å²) in [6, 6.07) is 14.2. The highest BCUT2D eigenvalue weighted by Gasteiger charge is 2.10. The molecule has 0 unspecified atom stereocenters. The van der Waals surface area contributed by atoms with Gasteiger partial charge in [-0.2, -0.15) is 0 Å². The van der Waals surface area contributed by atoms with Crippen LogP contribution in [-0.2, 0) is 11.3 Å². The van der Waals surface area contributed by atoms with Crippen molar-refractivity contribution in [1.29, 1.82) is 0 Å². The molecule has 1 aromatic heterocycles. The molecule has 0 aliphatic rings. The van der Waals surface area contributed by atoms with Gasteiger partial charge in [-0.3, -0.25) is 0 Å². The van der Waals surface area contributed by atoms with Gasteiger partial charge in [0.2, 0.25) is 0 Å². The van der Waals surface area contributed by atoms with Gasteiger partial charge in [0.15, 0.2) is 0 Å². The number of thiophene rings is 1. The molecule has 0 saturated carbocycles. The predicted molar refractivity (Wildman–Crippen MR) is 79.1 cm³/mol. The van der Waals surface area contributed by atoms with Crippen molar-refractivity contribution in [3.05, 3.63) is 65.0 Å². The number of phenols is 1. The zero-order chi connectivity index (χ0) is 13.9. The third-order valence-corrected chi connectivity index (χ3v) is 4.01. The molecule has 3 rings (SSSR count). The fraction of sp³-hybridized carbons (Fsp3) is 0.0625. The molecule has 3 nitrogen and oxygen atoms in total. The first-order chi connectivity index (χ1) is 9.74. The van der Waals surface area contributed by atoms with E-state index in [0.717, 1.165) is 10.9 Å². The highest BCUT2D eigenvalue weighted by Crippen LogP contribution is 2.26. The third kappa shape index (κ3) is 2.51. The van der Waals surface area contributed by atoms with Crippen molar-refractivity contribution in [3.8, 4) is 5.75 Å². The van der Waals surface area contributed by atoms with Gasteiger partial charge in [-0.15, -0.1) is 11.3 Å². The molecular weight excluding hydrogens is 272 g/mol. The number of carbonyl (C=O) groups is 1. The van der Waals surface area contributed by atoms with Gasteiger partial charge in [0, 0.05) is 10.3 Å². The highest BCUT2D eigenvalue weighted by molar-refractivity contribution is 7.17. The van der Waals surface area contributed by atoms with E-state index in [9.17, 15) is 9.90 Å². The molecule has 1 N–H and O–H groups in total. The Morgan fingerprint density at radius 3 is 2.85 bits per heavy atom. The molecule has 0 aliphatic carbocycles. The fourth-order valence-electron chi connectivity index (χ4n) is 2.00. The quantitative estimate of drug-likeness (QED) is 0.740. The Balaban J connectivity index is 1.75. The van der Waals surface area contributed by atoms with Gasteiger partial charge in [0.25, 0.3) is 0 Å². The van der Waals surface area contributed by atoms with Crippen LogP contribution >= 0.6 is 11.3 Å². The van der Waals surface area contributed by atoms with Gasteiger partial charge in [-0.1, -0.05) is 24.3 Å². The fourth-order valence-corrected chi connectivity index (χ4v) is 2.95. The van der Waals surface area contributed by atoms with Crippen molar-refractivity contribution in [1.82, 2.24) is 0 Å². The largest absolute Gasteiger partial charge is 0.508 e. The average Bonchev–Trinajstić information content (AvgIpc) is 2.88. The molecule has 0 amide bonds. The number of esters is 1. The van der Waals surface area contributed by atoms with Gasteiger partial charge in [0.05, 0.1) is 5.56 Å². The number of hydrogen-bond acceptors (Lipinski definition) is 4. The van der Waals surface area contributed by atoms with E-state index in [1.807, 2.05) is 29.6 Å². The van der Waals surface area contributed by atoms with Gasteiger partial charge in [0.1, 0.15) is 12.4 Å². The lowest BCUT2D eigenvalue weighted by molar-refractivity contribution is 0.0474. The van der Waals surface area contributed by atoms with E-state index in [-0.39, 0.29) is 12.4 Å². The summed E-state index contributed by atoms with van der Waals surface area (Å²) >= 11 is 1.63. The van der Waals surface area contributed by atoms with Crippen molar-refractivity contribution < 1.29 is 14.6 Å². The van der Waals surface area contributed by atoms with E-state index >= 15 is 0 Å². The minimum absolute atomic E-state index is 0.0560. The zero-order valence-electron chi connectivity index (χ0n) is 10.6. The molecule has 0 bridgehead atoms. The Kier molecular flexibility index (Phi) is 3.39. The van der Waals surface area contributed by atoms with E-state index in [1.165, 1.54) is 16.8 Å². The minimum atomic E-state index is -0.434. The Labute approximate surface area is 120 Å². The van der Waals surface area contributed by atoms with Crippen LogP contribution < -0.4 is 0 Å². The monoisotopic (exact) mass is 284 g/mol. The number of carbonyl (C=O) groups excluding carboxylic acids is 1. The van der Waals surface area contributed by atoms with E-state index in [1.54, 1.807) is 23.5 Å². The lowest BCUT2D eigenvalue weighted by Gasteiger charge is -2.04. The van der Waals surface area contributed by atoms with Gasteiger partial charge >= 0.3 is 5.97 Å². The van der Waals surface area contributed by atoms with Gasteiger partial charge in [-0.05, 0) is 35.0 Å². The van der Waals surface area contributed by atoms with Crippen molar-refractivity contribution in [3.63, 3.8) is 0 Å². The van der Waals surface area contributed by atoms with Crippen molar-refractivity contribution in [2.24, 2.45) is 0 Å². The number of ether oxygens (including phenoxy) is 1. The molecule has 3 aromatic rings. The van der Waals surface area contributed by atoms with E-state index in [2.05, 4.69) is 0 Å². The molecule has 0 spiro atoms. The molecule has 20 heavy (non-hydrogen) atoms. The maximum atomic E-state index is 11.9. The summed E-state index contributed by atoms with van der Waals surface area (Å²) in [6.07, 6.45) is 0. The van der Waals surface area contributed by atoms with Crippen LogP contribution in [0.1, 0.15) is 15.9 Å². The highest BCUT2D eigenvalue weighted by atomic mass is 32.1. The summed E-state index contributed by atoms with van der Waals surface area (Å²) in [5.41, 5.74) is 1.35. The molecule has 4 heteroatoms. The van der Waals surface area contributed by atoms with Gasteiger partial charge in [-0.25, -0.2) is 4.79 Å². The first-order valence-corrected chi connectivity index (χ1v) is 7.03. The van der Waals surface area contributed by atoms with Gasteiger partial charge < -0.3 is 9.84 Å². The lowest BCUT2D eigenvalue weighted by atomic mass is 10.2. The second kappa shape index (κ2) is 5.35. The van der Waals surface area contributed by atoms with Crippen LogP contribution in [0.2, 0.25) is 0 Å². The molecule has 100 valence electrons. The molecule has 2 aromatic carbocycles. The van der Waals surface area contributed by atoms with Crippen molar-refractivity contribution in [2.45, 2.75) is 6.61 Å². The summed E-state index contributed by atoms with van der Waals surface area (Å²) in [6.45, 7) is 0.235. The maximum Gasteiger partial charge on any atom is 0.338 e. The van der Waals surface area contributed by atoms with E-state index in [4.69, 9.17) is 4.74 Å². The molecular formula is C16H12O3S. The summed E-state index contributed by atoms with van der Waals surface area (Å²) in [5.74, 6) is -0.378. The Morgan fingerprint density at radius 2 is 2.00 bits per heavy atom. The van der Waals surface area contributed by atoms with Crippen LogP contribution in [0.15, 0.2) is 53.9 Å². The minimum Gasteiger partial charge on any atom is -0.508 e. The molecule has 0 saturated heterocycles. The molecule has 0 aliphatic heterocycles. The standard InChI is InChI=1S/C16H12O3S/c17-13-5-3-4-11(8-13)16(18)19-9-12-10-20-15-7-2-1-6-14(12)15/h1-8,10,17H,9H2. The number of aromatic hydroxyl groups is 1. The van der Waals surface area contributed by atoms with E-state index < -0.39 is 5.97 Å². The number of fused-ring (bicyclic) bond motifs is 1. The SMILES string of the molecule is O=C(OCc1csc2ccccc12)c1cccc(O)c1. The normalized spacial score (nSPS) is 10.6. The Bertz CT molecular complexity index is 761. The van der Waals surface area contributed by atoms with Crippen molar-refractivity contribution in [2.75, 3.05) is 0 Å². The van der Waals surface area contributed by atoms with Crippen LogP contribution in [0.5, 0.6) is 5.75 Å². The number of rotatable bonds is 3. The smallest absolute Gasteiger partial charge is 0.338 e. The second-order valence-electron chi connectivity index (χ2n) is 4.38. The molecule has 0 fully saturated rings. The number of phenolic OH excluding ortho intramolecular Hbond substituents is 1. The van der Waals surface area contributed by atoms with Crippen LogP contribution in [0.4, 0.5) is 0 Å². The van der Waals surface area contributed by atoms with Crippen molar-refractivity contribution >= 4 is 27.4 Å². The molecule has 0 radical (unpaired) electrons. The average molecular weight is 284 g/mol. The Hall–Kier alpha value is -2.33. The maximum absolute atomic E-state index is 11.9. The summed E-state index contributed by atoms with van der Waals surface area (Å²) in [7, 11) is 0. The van der Waals surface area contributed by atoms with Crippen LogP contribution in [0.3, 0.4) is 0 Å². The van der Waals surface area contributed by atoms with Crippen LogP contribution in [0.25, 0.3) is 10.1 Å². The first kappa shape index (κ1) is 12.7.